The molecule has 0 spiro atoms. The van der Waals surface area contributed by atoms with Crippen molar-refractivity contribution >= 4 is 12.1 Å². The highest BCUT2D eigenvalue weighted by Gasteiger charge is 2.13. The number of oxazole rings is 1. The third-order valence-corrected chi connectivity index (χ3v) is 2.83. The fourth-order valence-electron chi connectivity index (χ4n) is 1.84. The van der Waals surface area contributed by atoms with Crippen LogP contribution in [0.1, 0.15) is 31.0 Å². The number of hydrazone groups is 1. The van der Waals surface area contributed by atoms with E-state index in [9.17, 15) is 0 Å². The van der Waals surface area contributed by atoms with E-state index in [0.717, 1.165) is 11.3 Å². The maximum atomic E-state index is 9.07. The molecule has 0 saturated heterocycles. The lowest BCUT2D eigenvalue weighted by Gasteiger charge is -2.00. The summed E-state index contributed by atoms with van der Waals surface area (Å²) >= 11 is 0. The zero-order chi connectivity index (χ0) is 15.9. The Morgan fingerprint density at radius 3 is 3.00 bits per heavy atom. The van der Waals surface area contributed by atoms with Crippen molar-refractivity contribution in [2.45, 2.75) is 20.3 Å². The van der Waals surface area contributed by atoms with Crippen molar-refractivity contribution in [2.24, 2.45) is 11.0 Å². The summed E-state index contributed by atoms with van der Waals surface area (Å²) in [5.41, 5.74) is 3.80. The molecule has 114 valence electrons. The van der Waals surface area contributed by atoms with E-state index < -0.39 is 0 Å². The molecule has 0 saturated carbocycles. The fourth-order valence-corrected chi connectivity index (χ4v) is 1.84. The van der Waals surface area contributed by atoms with Crippen molar-refractivity contribution < 1.29 is 9.15 Å². The molecule has 0 radical (unpaired) electrons. The Balaban J connectivity index is 2.08. The van der Waals surface area contributed by atoms with Gasteiger partial charge in [0.25, 0.3) is 5.88 Å². The average molecular weight is 298 g/mol. The molecule has 0 unspecified atom stereocenters. The highest BCUT2D eigenvalue weighted by atomic mass is 16.5. The van der Waals surface area contributed by atoms with Gasteiger partial charge in [-0.15, -0.1) is 0 Å². The Morgan fingerprint density at radius 1 is 1.50 bits per heavy atom. The van der Waals surface area contributed by atoms with Crippen LogP contribution in [0.5, 0.6) is 5.75 Å². The third-order valence-electron chi connectivity index (χ3n) is 2.83. The molecule has 0 amide bonds. The fraction of sp³-hybridized carbons (Fsp3) is 0.312. The van der Waals surface area contributed by atoms with Gasteiger partial charge >= 0.3 is 0 Å². The molecule has 0 fully saturated rings. The van der Waals surface area contributed by atoms with Gasteiger partial charge in [-0.05, 0) is 23.6 Å². The van der Waals surface area contributed by atoms with E-state index in [0.29, 0.717) is 18.2 Å². The van der Waals surface area contributed by atoms with Crippen molar-refractivity contribution in [2.75, 3.05) is 12.5 Å². The number of rotatable bonds is 6. The number of nitrogens with one attached hydrogen (secondary N) is 1. The summed E-state index contributed by atoms with van der Waals surface area (Å²) in [4.78, 5) is 4.14. The highest BCUT2D eigenvalue weighted by molar-refractivity contribution is 5.80. The number of benzene rings is 1. The minimum atomic E-state index is 0.207. The molecular formula is C16H18N4O2. The number of ether oxygens (including phenoxy) is 1. The molecule has 0 bridgehead atoms. The monoisotopic (exact) mass is 298 g/mol. The Bertz CT molecular complexity index is 698. The zero-order valence-electron chi connectivity index (χ0n) is 12.8. The normalized spacial score (nSPS) is 10.9. The minimum absolute atomic E-state index is 0.207. The second kappa shape index (κ2) is 7.27. The van der Waals surface area contributed by atoms with Crippen LogP contribution in [0.25, 0.3) is 0 Å². The second-order valence-electron chi connectivity index (χ2n) is 5.14. The Labute approximate surface area is 129 Å². The molecule has 0 aliphatic rings. The summed E-state index contributed by atoms with van der Waals surface area (Å²) < 4.78 is 10.7. The number of anilines is 1. The lowest BCUT2D eigenvalue weighted by atomic mass is 10.1. The van der Waals surface area contributed by atoms with Crippen molar-refractivity contribution in [3.05, 3.63) is 41.4 Å². The number of nitrogens with zero attached hydrogens (tertiary/aromatic N) is 3. The van der Waals surface area contributed by atoms with Gasteiger partial charge in [0.2, 0.25) is 5.69 Å². The Kier molecular flexibility index (Phi) is 5.15. The number of methoxy groups -OCH3 is 1. The SMILES string of the molecule is COc1cccc(/C=N/Nc2oc(CC(C)C)nc2C#N)c1. The van der Waals surface area contributed by atoms with Crippen LogP contribution in [0.2, 0.25) is 0 Å². The van der Waals surface area contributed by atoms with Crippen LogP contribution < -0.4 is 10.2 Å². The van der Waals surface area contributed by atoms with Gasteiger partial charge in [0.15, 0.2) is 5.89 Å². The lowest BCUT2D eigenvalue weighted by Crippen LogP contribution is -1.93. The number of nitriles is 1. The van der Waals surface area contributed by atoms with Gasteiger partial charge in [-0.2, -0.15) is 10.4 Å². The molecule has 2 rings (SSSR count). The largest absolute Gasteiger partial charge is 0.497 e. The van der Waals surface area contributed by atoms with Gasteiger partial charge < -0.3 is 9.15 Å². The molecule has 0 aliphatic heterocycles. The average Bonchev–Trinajstić information content (AvgIpc) is 2.88. The Morgan fingerprint density at radius 2 is 2.32 bits per heavy atom. The van der Waals surface area contributed by atoms with Crippen LogP contribution in [-0.2, 0) is 6.42 Å². The van der Waals surface area contributed by atoms with E-state index in [2.05, 4.69) is 29.4 Å². The van der Waals surface area contributed by atoms with E-state index in [-0.39, 0.29) is 11.6 Å². The lowest BCUT2D eigenvalue weighted by molar-refractivity contribution is 0.415. The van der Waals surface area contributed by atoms with E-state index in [1.165, 1.54) is 0 Å². The van der Waals surface area contributed by atoms with Crippen molar-refractivity contribution in [3.63, 3.8) is 0 Å². The zero-order valence-corrected chi connectivity index (χ0v) is 12.8. The van der Waals surface area contributed by atoms with Crippen LogP contribution in [0.15, 0.2) is 33.8 Å². The third kappa shape index (κ3) is 4.09. The minimum Gasteiger partial charge on any atom is -0.497 e. The van der Waals surface area contributed by atoms with E-state index in [1.807, 2.05) is 30.3 Å². The second-order valence-corrected chi connectivity index (χ2v) is 5.14. The molecule has 1 aromatic carbocycles. The van der Waals surface area contributed by atoms with E-state index >= 15 is 0 Å². The van der Waals surface area contributed by atoms with Crippen LogP contribution in [0.3, 0.4) is 0 Å². The van der Waals surface area contributed by atoms with Gasteiger partial charge in [-0.25, -0.2) is 10.4 Å². The number of aromatic nitrogens is 1. The van der Waals surface area contributed by atoms with Crippen molar-refractivity contribution in [1.82, 2.24) is 4.98 Å². The molecule has 6 nitrogen and oxygen atoms in total. The number of hydrogen-bond acceptors (Lipinski definition) is 6. The molecule has 1 heterocycles. The topological polar surface area (TPSA) is 83.4 Å². The molecule has 2 aromatic rings. The first-order valence-corrected chi connectivity index (χ1v) is 6.95. The summed E-state index contributed by atoms with van der Waals surface area (Å²) in [5, 5.41) is 13.1. The summed E-state index contributed by atoms with van der Waals surface area (Å²) in [6.07, 6.45) is 2.30. The van der Waals surface area contributed by atoms with Gasteiger partial charge in [0.1, 0.15) is 11.8 Å². The highest BCUT2D eigenvalue weighted by Crippen LogP contribution is 2.19. The Hall–Kier alpha value is -2.81. The van der Waals surface area contributed by atoms with Gasteiger partial charge in [-0.1, -0.05) is 26.0 Å². The predicted molar refractivity (Wildman–Crippen MR) is 84.0 cm³/mol. The summed E-state index contributed by atoms with van der Waals surface area (Å²) in [6, 6.07) is 9.46. The molecule has 0 aliphatic carbocycles. The molecule has 6 heteroatoms. The van der Waals surface area contributed by atoms with Crippen molar-refractivity contribution in [1.29, 1.82) is 5.26 Å². The molecule has 1 aromatic heterocycles. The van der Waals surface area contributed by atoms with Crippen LogP contribution >= 0.6 is 0 Å². The maximum Gasteiger partial charge on any atom is 0.252 e. The van der Waals surface area contributed by atoms with Crippen LogP contribution in [0, 0.1) is 17.2 Å². The van der Waals surface area contributed by atoms with Crippen molar-refractivity contribution in [3.8, 4) is 11.8 Å². The van der Waals surface area contributed by atoms with Crippen LogP contribution in [0.4, 0.5) is 5.88 Å². The molecule has 22 heavy (non-hydrogen) atoms. The quantitative estimate of drug-likeness (QED) is 0.654. The summed E-state index contributed by atoms with van der Waals surface area (Å²) in [7, 11) is 1.61. The van der Waals surface area contributed by atoms with Gasteiger partial charge in [0, 0.05) is 6.42 Å². The van der Waals surface area contributed by atoms with E-state index in [1.54, 1.807) is 13.3 Å². The molecule has 1 N–H and O–H groups in total. The smallest absolute Gasteiger partial charge is 0.252 e. The predicted octanol–water partition coefficient (Wildman–Crippen LogP) is 3.20. The van der Waals surface area contributed by atoms with Gasteiger partial charge in [-0.3, -0.25) is 0 Å². The van der Waals surface area contributed by atoms with Crippen LogP contribution in [-0.4, -0.2) is 18.3 Å². The standard InChI is InChI=1S/C16H18N4O2/c1-11(2)7-15-19-14(9-17)16(22-15)20-18-10-12-5-4-6-13(8-12)21-3/h4-6,8,10-11,20H,7H2,1-3H3/b18-10+. The molecular weight excluding hydrogens is 280 g/mol. The number of hydrogen-bond donors (Lipinski definition) is 1. The summed E-state index contributed by atoms with van der Waals surface area (Å²) in [5.74, 6) is 1.95. The molecule has 0 atom stereocenters. The first-order chi connectivity index (χ1) is 10.6. The van der Waals surface area contributed by atoms with Gasteiger partial charge in [0.05, 0.1) is 13.3 Å². The van der Waals surface area contributed by atoms with E-state index in [4.69, 9.17) is 14.4 Å². The maximum absolute atomic E-state index is 9.07. The first-order valence-electron chi connectivity index (χ1n) is 6.95. The first kappa shape index (κ1) is 15.6. The summed E-state index contributed by atoms with van der Waals surface area (Å²) in [6.45, 7) is 4.12.